The van der Waals surface area contributed by atoms with E-state index in [1.165, 1.54) is 23.3 Å². The molecule has 1 aliphatic heterocycles. The molecule has 0 spiro atoms. The van der Waals surface area contributed by atoms with Crippen LogP contribution in [0, 0.1) is 11.6 Å². The van der Waals surface area contributed by atoms with E-state index in [2.05, 4.69) is 5.32 Å². The molecule has 3 rings (SSSR count). The maximum atomic E-state index is 13.9. The standard InChI is InChI=1S/C15H13F2N/c16-11-4-5-14(15(17)8-11)13-3-1-2-10-9-18-7-6-12(10)13/h1-5,8,18H,6-7,9H2. The molecule has 1 heterocycles. The molecule has 0 aliphatic carbocycles. The predicted octanol–water partition coefficient (Wildman–Crippen LogP) is 3.28. The lowest BCUT2D eigenvalue weighted by Gasteiger charge is -2.20. The number of halogens is 2. The minimum Gasteiger partial charge on any atom is -0.312 e. The van der Waals surface area contributed by atoms with Crippen molar-refractivity contribution in [3.63, 3.8) is 0 Å². The third-order valence-electron chi connectivity index (χ3n) is 3.36. The van der Waals surface area contributed by atoms with Gasteiger partial charge in [-0.3, -0.25) is 0 Å². The fraction of sp³-hybridized carbons (Fsp3) is 0.200. The van der Waals surface area contributed by atoms with Gasteiger partial charge in [-0.2, -0.15) is 0 Å². The fourth-order valence-electron chi connectivity index (χ4n) is 2.49. The zero-order valence-corrected chi connectivity index (χ0v) is 9.84. The molecule has 3 heteroatoms. The van der Waals surface area contributed by atoms with Crippen LogP contribution in [-0.4, -0.2) is 6.54 Å². The lowest BCUT2D eigenvalue weighted by molar-refractivity contribution is 0.585. The summed E-state index contributed by atoms with van der Waals surface area (Å²) in [6.07, 6.45) is 0.877. The fourth-order valence-corrected chi connectivity index (χ4v) is 2.49. The van der Waals surface area contributed by atoms with Crippen LogP contribution in [0.3, 0.4) is 0 Å². The Hall–Kier alpha value is -1.74. The molecule has 2 aromatic carbocycles. The molecule has 0 radical (unpaired) electrons. The Bertz CT molecular complexity index is 593. The predicted molar refractivity (Wildman–Crippen MR) is 67.2 cm³/mol. The normalized spacial score (nSPS) is 14.3. The molecule has 0 fully saturated rings. The van der Waals surface area contributed by atoms with Gasteiger partial charge in [-0.05, 0) is 41.8 Å². The molecule has 1 nitrogen and oxygen atoms in total. The Morgan fingerprint density at radius 1 is 1.00 bits per heavy atom. The third-order valence-corrected chi connectivity index (χ3v) is 3.36. The number of hydrogen-bond acceptors (Lipinski definition) is 1. The Balaban J connectivity index is 2.17. The first-order valence-corrected chi connectivity index (χ1v) is 6.02. The van der Waals surface area contributed by atoms with Crippen LogP contribution in [0.5, 0.6) is 0 Å². The quantitative estimate of drug-likeness (QED) is 0.813. The second kappa shape index (κ2) is 4.50. The van der Waals surface area contributed by atoms with Crippen molar-refractivity contribution < 1.29 is 8.78 Å². The van der Waals surface area contributed by atoms with Gasteiger partial charge in [0.1, 0.15) is 11.6 Å². The van der Waals surface area contributed by atoms with E-state index < -0.39 is 11.6 Å². The minimum absolute atomic E-state index is 0.482. The van der Waals surface area contributed by atoms with Crippen LogP contribution in [0.2, 0.25) is 0 Å². The van der Waals surface area contributed by atoms with Crippen LogP contribution < -0.4 is 5.32 Å². The number of rotatable bonds is 1. The molecular weight excluding hydrogens is 232 g/mol. The summed E-state index contributed by atoms with van der Waals surface area (Å²) in [4.78, 5) is 0. The van der Waals surface area contributed by atoms with Crippen molar-refractivity contribution >= 4 is 0 Å². The highest BCUT2D eigenvalue weighted by Gasteiger charge is 2.15. The van der Waals surface area contributed by atoms with E-state index in [0.717, 1.165) is 31.1 Å². The average molecular weight is 245 g/mol. The molecule has 0 atom stereocenters. The maximum Gasteiger partial charge on any atom is 0.133 e. The Kier molecular flexibility index (Phi) is 2.84. The Morgan fingerprint density at radius 2 is 1.89 bits per heavy atom. The van der Waals surface area contributed by atoms with Crippen LogP contribution >= 0.6 is 0 Å². The topological polar surface area (TPSA) is 12.0 Å². The van der Waals surface area contributed by atoms with Gasteiger partial charge in [0.25, 0.3) is 0 Å². The van der Waals surface area contributed by atoms with Crippen molar-refractivity contribution in [1.29, 1.82) is 0 Å². The average Bonchev–Trinajstić information content (AvgIpc) is 2.38. The molecule has 2 aromatic rings. The summed E-state index contributed by atoms with van der Waals surface area (Å²) in [5.41, 5.74) is 3.73. The molecule has 0 amide bonds. The van der Waals surface area contributed by atoms with E-state index in [4.69, 9.17) is 0 Å². The van der Waals surface area contributed by atoms with Gasteiger partial charge in [-0.15, -0.1) is 0 Å². The van der Waals surface area contributed by atoms with Gasteiger partial charge in [-0.25, -0.2) is 8.78 Å². The Labute approximate surface area is 104 Å². The van der Waals surface area contributed by atoms with Crippen molar-refractivity contribution in [3.8, 4) is 11.1 Å². The summed E-state index contributed by atoms with van der Waals surface area (Å²) in [7, 11) is 0. The second-order valence-electron chi connectivity index (χ2n) is 4.49. The molecule has 1 aliphatic rings. The lowest BCUT2D eigenvalue weighted by atomic mass is 9.91. The molecule has 0 unspecified atom stereocenters. The van der Waals surface area contributed by atoms with Crippen molar-refractivity contribution in [1.82, 2.24) is 5.32 Å². The van der Waals surface area contributed by atoms with Crippen molar-refractivity contribution in [2.45, 2.75) is 13.0 Å². The monoisotopic (exact) mass is 245 g/mol. The first kappa shape index (κ1) is 11.4. The SMILES string of the molecule is Fc1ccc(-c2cccc3c2CCNC3)c(F)c1. The Morgan fingerprint density at radius 3 is 2.72 bits per heavy atom. The van der Waals surface area contributed by atoms with Crippen molar-refractivity contribution in [3.05, 3.63) is 59.2 Å². The molecule has 92 valence electrons. The summed E-state index contributed by atoms with van der Waals surface area (Å²) < 4.78 is 26.8. The van der Waals surface area contributed by atoms with Gasteiger partial charge >= 0.3 is 0 Å². The molecule has 18 heavy (non-hydrogen) atoms. The van der Waals surface area contributed by atoms with Gasteiger partial charge in [0, 0.05) is 18.2 Å². The van der Waals surface area contributed by atoms with Gasteiger partial charge in [0.05, 0.1) is 0 Å². The first-order chi connectivity index (χ1) is 8.75. The van der Waals surface area contributed by atoms with Gasteiger partial charge in [-0.1, -0.05) is 18.2 Å². The lowest BCUT2D eigenvalue weighted by Crippen LogP contribution is -2.24. The van der Waals surface area contributed by atoms with E-state index in [9.17, 15) is 8.78 Å². The summed E-state index contributed by atoms with van der Waals surface area (Å²) in [5.74, 6) is -1.04. The van der Waals surface area contributed by atoms with Gasteiger partial charge in [0.2, 0.25) is 0 Å². The largest absolute Gasteiger partial charge is 0.312 e. The van der Waals surface area contributed by atoms with Crippen LogP contribution in [0.4, 0.5) is 8.78 Å². The summed E-state index contributed by atoms with van der Waals surface area (Å²) >= 11 is 0. The molecule has 0 saturated carbocycles. The minimum atomic E-state index is -0.539. The number of fused-ring (bicyclic) bond motifs is 1. The second-order valence-corrected chi connectivity index (χ2v) is 4.49. The van der Waals surface area contributed by atoms with Gasteiger partial charge in [0.15, 0.2) is 0 Å². The molecular formula is C15H13F2N. The van der Waals surface area contributed by atoms with E-state index >= 15 is 0 Å². The van der Waals surface area contributed by atoms with Crippen LogP contribution in [0.1, 0.15) is 11.1 Å². The molecule has 1 N–H and O–H groups in total. The number of hydrogen-bond donors (Lipinski definition) is 1. The summed E-state index contributed by atoms with van der Waals surface area (Å²) in [5, 5.41) is 3.29. The zero-order valence-electron chi connectivity index (χ0n) is 9.84. The number of nitrogens with one attached hydrogen (secondary N) is 1. The summed E-state index contributed by atoms with van der Waals surface area (Å²) in [6, 6.07) is 9.63. The molecule has 0 bridgehead atoms. The molecule has 0 saturated heterocycles. The van der Waals surface area contributed by atoms with Gasteiger partial charge < -0.3 is 5.32 Å². The van der Waals surface area contributed by atoms with E-state index in [1.54, 1.807) is 0 Å². The van der Waals surface area contributed by atoms with E-state index in [-0.39, 0.29) is 0 Å². The van der Waals surface area contributed by atoms with E-state index in [0.29, 0.717) is 5.56 Å². The third kappa shape index (κ3) is 1.91. The highest BCUT2D eigenvalue weighted by atomic mass is 19.1. The first-order valence-electron chi connectivity index (χ1n) is 6.02. The highest BCUT2D eigenvalue weighted by Crippen LogP contribution is 2.30. The van der Waals surface area contributed by atoms with Crippen LogP contribution in [-0.2, 0) is 13.0 Å². The summed E-state index contributed by atoms with van der Waals surface area (Å²) in [6.45, 7) is 1.71. The van der Waals surface area contributed by atoms with E-state index in [1.807, 2.05) is 18.2 Å². The zero-order chi connectivity index (χ0) is 12.5. The highest BCUT2D eigenvalue weighted by molar-refractivity contribution is 5.69. The van der Waals surface area contributed by atoms with Crippen LogP contribution in [0.25, 0.3) is 11.1 Å². The molecule has 0 aromatic heterocycles. The van der Waals surface area contributed by atoms with Crippen LogP contribution in [0.15, 0.2) is 36.4 Å². The van der Waals surface area contributed by atoms with Crippen molar-refractivity contribution in [2.75, 3.05) is 6.54 Å². The smallest absolute Gasteiger partial charge is 0.133 e. The van der Waals surface area contributed by atoms with Crippen molar-refractivity contribution in [2.24, 2.45) is 0 Å². The number of benzene rings is 2. The maximum absolute atomic E-state index is 13.9.